The first-order valence-corrected chi connectivity index (χ1v) is 10.6. The standard InChI is InChI=1S/C15H24N4O8S/c1-16-9-3-2-4-11(9)26-17-13(20)10-5-15(7-25-8-15)12-6-18(10)14(21)19(12)27-28(22,23)24/h9-12,16H,2-8H2,1H3,(H,17,20)(H,22,23,24). The molecule has 3 saturated heterocycles. The lowest BCUT2D eigenvalue weighted by atomic mass is 9.71. The molecule has 13 heteroatoms. The molecule has 1 spiro atoms. The first-order valence-electron chi connectivity index (χ1n) is 9.21. The molecule has 1 aliphatic carbocycles. The van der Waals surface area contributed by atoms with Crippen molar-refractivity contribution in [2.24, 2.45) is 5.41 Å². The highest BCUT2D eigenvalue weighted by Gasteiger charge is 2.63. The van der Waals surface area contributed by atoms with Crippen LogP contribution in [-0.4, -0.2) is 85.9 Å². The normalized spacial score (nSPS) is 34.0. The van der Waals surface area contributed by atoms with Crippen molar-refractivity contribution in [3.05, 3.63) is 0 Å². The summed E-state index contributed by atoms with van der Waals surface area (Å²) in [4.78, 5) is 32.2. The van der Waals surface area contributed by atoms with Crippen molar-refractivity contribution in [1.29, 1.82) is 0 Å². The van der Waals surface area contributed by atoms with Gasteiger partial charge in [-0.05, 0) is 32.7 Å². The van der Waals surface area contributed by atoms with Gasteiger partial charge in [-0.3, -0.25) is 14.2 Å². The fraction of sp³-hybridized carbons (Fsp3) is 0.867. The maximum absolute atomic E-state index is 12.8. The third-order valence-corrected chi connectivity index (χ3v) is 6.51. The predicted octanol–water partition coefficient (Wildman–Crippen LogP) is -1.20. The number of hydroxylamine groups is 3. The van der Waals surface area contributed by atoms with E-state index in [1.165, 1.54) is 4.90 Å². The van der Waals surface area contributed by atoms with Crippen LogP contribution < -0.4 is 10.8 Å². The largest absolute Gasteiger partial charge is 0.418 e. The minimum Gasteiger partial charge on any atom is -0.380 e. The number of fused-ring (bicyclic) bond motifs is 3. The maximum atomic E-state index is 12.8. The molecule has 3 aliphatic heterocycles. The van der Waals surface area contributed by atoms with Gasteiger partial charge in [-0.1, -0.05) is 0 Å². The van der Waals surface area contributed by atoms with Gasteiger partial charge in [-0.2, -0.15) is 13.5 Å². The molecule has 4 atom stereocenters. The second kappa shape index (κ2) is 7.07. The molecule has 0 aromatic carbocycles. The quantitative estimate of drug-likeness (QED) is 0.356. The van der Waals surface area contributed by atoms with Gasteiger partial charge in [0.1, 0.15) is 12.1 Å². The van der Waals surface area contributed by atoms with Gasteiger partial charge in [-0.15, -0.1) is 4.28 Å². The van der Waals surface area contributed by atoms with Gasteiger partial charge in [0, 0.05) is 18.0 Å². The van der Waals surface area contributed by atoms with Gasteiger partial charge < -0.3 is 15.0 Å². The van der Waals surface area contributed by atoms with Gasteiger partial charge >= 0.3 is 16.4 Å². The summed E-state index contributed by atoms with van der Waals surface area (Å²) in [5.74, 6) is -0.478. The molecule has 0 radical (unpaired) electrons. The molecule has 158 valence electrons. The molecule has 1 saturated carbocycles. The van der Waals surface area contributed by atoms with Crippen LogP contribution in [0, 0.1) is 5.41 Å². The number of nitrogens with one attached hydrogen (secondary N) is 2. The number of carbonyl (C=O) groups excluding carboxylic acids is 2. The SMILES string of the molecule is CNC1CCCC1ONC(=O)C1CC2(COC2)C2CN1C(=O)N2OS(=O)(=O)O. The number of piperidine rings is 1. The van der Waals surface area contributed by atoms with Crippen molar-refractivity contribution in [3.8, 4) is 0 Å². The zero-order chi connectivity index (χ0) is 20.1. The van der Waals surface area contributed by atoms with Crippen LogP contribution in [0.4, 0.5) is 4.79 Å². The van der Waals surface area contributed by atoms with Crippen LogP contribution >= 0.6 is 0 Å². The molecule has 3 N–H and O–H groups in total. The zero-order valence-electron chi connectivity index (χ0n) is 15.4. The van der Waals surface area contributed by atoms with Gasteiger partial charge in [0.25, 0.3) is 5.91 Å². The summed E-state index contributed by atoms with van der Waals surface area (Å²) in [5, 5.41) is 3.79. The summed E-state index contributed by atoms with van der Waals surface area (Å²) in [6.45, 7) is 0.622. The van der Waals surface area contributed by atoms with Crippen LogP contribution in [0.2, 0.25) is 0 Å². The topological polar surface area (TPSA) is 147 Å². The number of likely N-dealkylation sites (N-methyl/N-ethyl adjacent to an activating group) is 1. The van der Waals surface area contributed by atoms with E-state index in [4.69, 9.17) is 14.1 Å². The van der Waals surface area contributed by atoms with Gasteiger partial charge in [-0.25, -0.2) is 10.3 Å². The zero-order valence-corrected chi connectivity index (χ0v) is 16.2. The van der Waals surface area contributed by atoms with Crippen LogP contribution in [0.25, 0.3) is 0 Å². The second-order valence-corrected chi connectivity index (χ2v) is 8.81. The first-order chi connectivity index (χ1) is 13.2. The fourth-order valence-electron chi connectivity index (χ4n) is 4.63. The van der Waals surface area contributed by atoms with Crippen molar-refractivity contribution < 1.29 is 36.4 Å². The Kier molecular flexibility index (Phi) is 5.00. The van der Waals surface area contributed by atoms with Crippen LogP contribution in [0.3, 0.4) is 0 Å². The highest BCUT2D eigenvalue weighted by atomic mass is 32.3. The molecule has 3 heterocycles. The number of ether oxygens (including phenoxy) is 1. The van der Waals surface area contributed by atoms with E-state index in [0.29, 0.717) is 5.06 Å². The molecular weight excluding hydrogens is 396 g/mol. The van der Waals surface area contributed by atoms with E-state index in [1.54, 1.807) is 0 Å². The van der Waals surface area contributed by atoms with Crippen LogP contribution in [0.1, 0.15) is 25.7 Å². The first kappa shape index (κ1) is 19.8. The number of hydrogen-bond donors (Lipinski definition) is 3. The minimum absolute atomic E-state index is 0.0956. The number of amides is 3. The van der Waals surface area contributed by atoms with Crippen molar-refractivity contribution in [1.82, 2.24) is 20.8 Å². The molecule has 28 heavy (non-hydrogen) atoms. The second-order valence-electron chi connectivity index (χ2n) is 7.80. The van der Waals surface area contributed by atoms with Crippen molar-refractivity contribution >= 4 is 22.3 Å². The highest BCUT2D eigenvalue weighted by molar-refractivity contribution is 7.80. The number of urea groups is 1. The molecule has 2 bridgehead atoms. The summed E-state index contributed by atoms with van der Waals surface area (Å²) >= 11 is 0. The number of rotatable bonds is 6. The van der Waals surface area contributed by atoms with Crippen LogP contribution in [0.15, 0.2) is 0 Å². The summed E-state index contributed by atoms with van der Waals surface area (Å²) in [6.07, 6.45) is 2.89. The average molecular weight is 420 g/mol. The molecule has 4 fully saturated rings. The van der Waals surface area contributed by atoms with Gasteiger partial charge in [0.05, 0.1) is 19.3 Å². The fourth-order valence-corrected chi connectivity index (χ4v) is 5.00. The Hall–Kier alpha value is -1.51. The van der Waals surface area contributed by atoms with E-state index in [2.05, 4.69) is 15.1 Å². The maximum Gasteiger partial charge on any atom is 0.418 e. The van der Waals surface area contributed by atoms with Crippen LogP contribution in [-0.2, 0) is 29.1 Å². The minimum atomic E-state index is -4.88. The smallest absolute Gasteiger partial charge is 0.380 e. The highest BCUT2D eigenvalue weighted by Crippen LogP contribution is 2.47. The molecular formula is C15H24N4O8S. The Morgan fingerprint density at radius 1 is 1.36 bits per heavy atom. The summed E-state index contributed by atoms with van der Waals surface area (Å²) in [5.41, 5.74) is 1.86. The van der Waals surface area contributed by atoms with Gasteiger partial charge in [0.15, 0.2) is 0 Å². The van der Waals surface area contributed by atoms with E-state index < -0.39 is 39.8 Å². The molecule has 4 aliphatic rings. The predicted molar refractivity (Wildman–Crippen MR) is 91.7 cm³/mol. The van der Waals surface area contributed by atoms with Crippen LogP contribution in [0.5, 0.6) is 0 Å². The lowest BCUT2D eigenvalue weighted by molar-refractivity contribution is -0.194. The average Bonchev–Trinajstić information content (AvgIpc) is 3.17. The molecule has 0 aromatic rings. The number of nitrogens with zero attached hydrogens (tertiary/aromatic N) is 2. The van der Waals surface area contributed by atoms with E-state index in [9.17, 15) is 18.0 Å². The lowest BCUT2D eigenvalue weighted by Crippen LogP contribution is -2.63. The molecule has 4 rings (SSSR count). The van der Waals surface area contributed by atoms with Crippen molar-refractivity contribution in [2.75, 3.05) is 26.8 Å². The number of carbonyl (C=O) groups is 2. The summed E-state index contributed by atoms with van der Waals surface area (Å²) < 4.78 is 41.1. The Labute approximate surface area is 162 Å². The van der Waals surface area contributed by atoms with E-state index in [-0.39, 0.29) is 38.3 Å². The molecule has 3 amide bonds. The van der Waals surface area contributed by atoms with Crippen molar-refractivity contribution in [2.45, 2.75) is 49.9 Å². The van der Waals surface area contributed by atoms with E-state index in [1.807, 2.05) is 7.05 Å². The Morgan fingerprint density at radius 2 is 2.11 bits per heavy atom. The summed E-state index contributed by atoms with van der Waals surface area (Å²) in [7, 11) is -3.04. The van der Waals surface area contributed by atoms with Gasteiger partial charge in [0.2, 0.25) is 0 Å². The van der Waals surface area contributed by atoms with E-state index in [0.717, 1.165) is 19.3 Å². The Bertz CT molecular complexity index is 757. The molecule has 12 nitrogen and oxygen atoms in total. The molecule has 0 aromatic heterocycles. The summed E-state index contributed by atoms with van der Waals surface area (Å²) in [6, 6.07) is -2.13. The molecule has 4 unspecified atom stereocenters. The lowest BCUT2D eigenvalue weighted by Gasteiger charge is -2.50. The monoisotopic (exact) mass is 420 g/mol. The Balaban J connectivity index is 1.48. The third-order valence-electron chi connectivity index (χ3n) is 6.16. The number of hydrogen-bond acceptors (Lipinski definition) is 8. The Morgan fingerprint density at radius 3 is 2.71 bits per heavy atom. The van der Waals surface area contributed by atoms with Crippen molar-refractivity contribution in [3.63, 3.8) is 0 Å². The third kappa shape index (κ3) is 3.35. The van der Waals surface area contributed by atoms with E-state index >= 15 is 0 Å².